The third-order valence-corrected chi connectivity index (χ3v) is 3.95. The Labute approximate surface area is 93.0 Å². The van der Waals surface area contributed by atoms with Gasteiger partial charge in [-0.1, -0.05) is 13.3 Å². The molecule has 0 aromatic rings. The van der Waals surface area contributed by atoms with Gasteiger partial charge < -0.3 is 4.90 Å². The number of hydrogen-bond donors (Lipinski definition) is 0. The zero-order valence-corrected chi connectivity index (χ0v) is 9.87. The maximum absolute atomic E-state index is 11.8. The van der Waals surface area contributed by atoms with Gasteiger partial charge in [0, 0.05) is 18.9 Å². The molecular formula is C13H23NO. The van der Waals surface area contributed by atoms with Gasteiger partial charge in [0.25, 0.3) is 0 Å². The number of likely N-dealkylation sites (tertiary alicyclic amines) is 1. The molecule has 2 atom stereocenters. The minimum Gasteiger partial charge on any atom is -0.303 e. The lowest BCUT2D eigenvalue weighted by Crippen LogP contribution is -2.38. The second-order valence-corrected chi connectivity index (χ2v) is 5.40. The van der Waals surface area contributed by atoms with Gasteiger partial charge in [0.2, 0.25) is 0 Å². The molecule has 2 nitrogen and oxygen atoms in total. The zero-order valence-electron chi connectivity index (χ0n) is 9.87. The monoisotopic (exact) mass is 209 g/mol. The van der Waals surface area contributed by atoms with Gasteiger partial charge in [-0.3, -0.25) is 4.79 Å². The van der Waals surface area contributed by atoms with E-state index in [1.165, 1.54) is 32.4 Å². The third-order valence-electron chi connectivity index (χ3n) is 3.95. The van der Waals surface area contributed by atoms with Crippen molar-refractivity contribution < 1.29 is 4.79 Å². The number of carbonyl (C=O) groups excluding carboxylic acids is 1. The summed E-state index contributed by atoms with van der Waals surface area (Å²) in [5, 5.41) is 0. The van der Waals surface area contributed by atoms with Crippen LogP contribution in [0.2, 0.25) is 0 Å². The quantitative estimate of drug-likeness (QED) is 0.696. The van der Waals surface area contributed by atoms with Crippen LogP contribution in [0.1, 0.15) is 45.4 Å². The number of nitrogens with zero attached hydrogens (tertiary/aromatic N) is 1. The van der Waals surface area contributed by atoms with Gasteiger partial charge in [-0.05, 0) is 44.7 Å². The minimum atomic E-state index is 0.354. The Kier molecular flexibility index (Phi) is 3.79. The molecule has 1 saturated heterocycles. The summed E-state index contributed by atoms with van der Waals surface area (Å²) in [6.07, 6.45) is 7.13. The molecule has 1 heterocycles. The lowest BCUT2D eigenvalue weighted by atomic mass is 9.81. The van der Waals surface area contributed by atoms with E-state index in [-0.39, 0.29) is 0 Å². The topological polar surface area (TPSA) is 20.3 Å². The fourth-order valence-electron chi connectivity index (χ4n) is 2.96. The first-order valence-electron chi connectivity index (χ1n) is 6.51. The molecule has 15 heavy (non-hydrogen) atoms. The lowest BCUT2D eigenvalue weighted by Gasteiger charge is -2.33. The van der Waals surface area contributed by atoms with Crippen molar-refractivity contribution in [2.75, 3.05) is 19.6 Å². The van der Waals surface area contributed by atoms with E-state index in [1.807, 2.05) is 0 Å². The van der Waals surface area contributed by atoms with E-state index in [2.05, 4.69) is 11.8 Å². The Bertz CT molecular complexity index is 221. The average Bonchev–Trinajstić information content (AvgIpc) is 2.25. The molecular weight excluding hydrogens is 186 g/mol. The van der Waals surface area contributed by atoms with Crippen LogP contribution in [0.15, 0.2) is 0 Å². The SMILES string of the molecule is CC1CCC(=O)C(CN2CCCCC2)C1. The second-order valence-electron chi connectivity index (χ2n) is 5.40. The number of piperidine rings is 1. The van der Waals surface area contributed by atoms with Gasteiger partial charge in [-0.25, -0.2) is 0 Å². The molecule has 0 bridgehead atoms. The van der Waals surface area contributed by atoms with Crippen LogP contribution >= 0.6 is 0 Å². The number of ketones is 1. The van der Waals surface area contributed by atoms with Crippen molar-refractivity contribution in [3.63, 3.8) is 0 Å². The van der Waals surface area contributed by atoms with Crippen LogP contribution in [-0.2, 0) is 4.79 Å². The van der Waals surface area contributed by atoms with Gasteiger partial charge in [0.05, 0.1) is 0 Å². The highest BCUT2D eigenvalue weighted by atomic mass is 16.1. The maximum Gasteiger partial charge on any atom is 0.137 e. The lowest BCUT2D eigenvalue weighted by molar-refractivity contribution is -0.126. The van der Waals surface area contributed by atoms with Crippen molar-refractivity contribution in [2.45, 2.75) is 45.4 Å². The molecule has 2 unspecified atom stereocenters. The number of carbonyl (C=O) groups is 1. The molecule has 1 aliphatic heterocycles. The van der Waals surface area contributed by atoms with Gasteiger partial charge in [-0.2, -0.15) is 0 Å². The highest BCUT2D eigenvalue weighted by Crippen LogP contribution is 2.27. The number of Topliss-reactive ketones (excluding diaryl/α,β-unsaturated/α-hetero) is 1. The summed E-state index contributed by atoms with van der Waals surface area (Å²) in [5.41, 5.74) is 0. The summed E-state index contributed by atoms with van der Waals surface area (Å²) < 4.78 is 0. The molecule has 0 N–H and O–H groups in total. The van der Waals surface area contributed by atoms with Crippen molar-refractivity contribution in [1.29, 1.82) is 0 Å². The Hall–Kier alpha value is -0.370. The zero-order chi connectivity index (χ0) is 10.7. The number of hydrogen-bond acceptors (Lipinski definition) is 2. The summed E-state index contributed by atoms with van der Waals surface area (Å²) in [6.45, 7) is 5.77. The summed E-state index contributed by atoms with van der Waals surface area (Å²) in [6, 6.07) is 0. The molecule has 2 fully saturated rings. The van der Waals surface area contributed by atoms with Crippen molar-refractivity contribution in [3.8, 4) is 0 Å². The molecule has 2 aliphatic rings. The summed E-state index contributed by atoms with van der Waals surface area (Å²) in [7, 11) is 0. The van der Waals surface area contributed by atoms with Crippen LogP contribution in [0, 0.1) is 11.8 Å². The molecule has 2 rings (SSSR count). The molecule has 2 heteroatoms. The van der Waals surface area contributed by atoms with Crippen LogP contribution < -0.4 is 0 Å². The van der Waals surface area contributed by atoms with E-state index in [4.69, 9.17) is 0 Å². The first kappa shape index (κ1) is 11.1. The van der Waals surface area contributed by atoms with E-state index in [1.54, 1.807) is 0 Å². The molecule has 0 spiro atoms. The average molecular weight is 209 g/mol. The largest absolute Gasteiger partial charge is 0.303 e. The molecule has 0 aromatic carbocycles. The highest BCUT2D eigenvalue weighted by Gasteiger charge is 2.28. The maximum atomic E-state index is 11.8. The smallest absolute Gasteiger partial charge is 0.137 e. The van der Waals surface area contributed by atoms with Gasteiger partial charge in [-0.15, -0.1) is 0 Å². The third kappa shape index (κ3) is 3.04. The fraction of sp³-hybridized carbons (Fsp3) is 0.923. The van der Waals surface area contributed by atoms with Crippen LogP contribution in [0.3, 0.4) is 0 Å². The molecule has 86 valence electrons. The summed E-state index contributed by atoms with van der Waals surface area (Å²) in [4.78, 5) is 14.3. The van der Waals surface area contributed by atoms with Crippen molar-refractivity contribution in [3.05, 3.63) is 0 Å². The standard InChI is InChI=1S/C13H23NO/c1-11-5-6-13(15)12(9-11)10-14-7-3-2-4-8-14/h11-12H,2-10H2,1H3. The Balaban J connectivity index is 1.83. The first-order valence-corrected chi connectivity index (χ1v) is 6.51. The first-order chi connectivity index (χ1) is 7.25. The number of rotatable bonds is 2. The second kappa shape index (κ2) is 5.11. The van der Waals surface area contributed by atoms with Crippen molar-refractivity contribution in [2.24, 2.45) is 11.8 Å². The summed E-state index contributed by atoms with van der Waals surface area (Å²) in [5.74, 6) is 1.64. The van der Waals surface area contributed by atoms with Crippen LogP contribution in [0.4, 0.5) is 0 Å². The van der Waals surface area contributed by atoms with Crippen LogP contribution in [-0.4, -0.2) is 30.3 Å². The van der Waals surface area contributed by atoms with E-state index in [9.17, 15) is 4.79 Å². The Morgan fingerprint density at radius 2 is 2.00 bits per heavy atom. The van der Waals surface area contributed by atoms with E-state index < -0.39 is 0 Å². The molecule has 0 aromatic heterocycles. The molecule has 0 radical (unpaired) electrons. The normalized spacial score (nSPS) is 34.3. The van der Waals surface area contributed by atoms with Crippen molar-refractivity contribution >= 4 is 5.78 Å². The highest BCUT2D eigenvalue weighted by molar-refractivity contribution is 5.81. The Morgan fingerprint density at radius 1 is 1.27 bits per heavy atom. The van der Waals surface area contributed by atoms with Crippen molar-refractivity contribution in [1.82, 2.24) is 4.90 Å². The van der Waals surface area contributed by atoms with E-state index in [0.717, 1.165) is 31.7 Å². The van der Waals surface area contributed by atoms with Crippen LogP contribution in [0.25, 0.3) is 0 Å². The predicted molar refractivity (Wildman–Crippen MR) is 61.8 cm³/mol. The van der Waals surface area contributed by atoms with E-state index >= 15 is 0 Å². The summed E-state index contributed by atoms with van der Waals surface area (Å²) >= 11 is 0. The van der Waals surface area contributed by atoms with Crippen LogP contribution in [0.5, 0.6) is 0 Å². The Morgan fingerprint density at radius 3 is 2.73 bits per heavy atom. The molecule has 1 aliphatic carbocycles. The predicted octanol–water partition coefficient (Wildman–Crippen LogP) is 2.48. The molecule has 0 amide bonds. The molecule has 1 saturated carbocycles. The van der Waals surface area contributed by atoms with Gasteiger partial charge in [0.1, 0.15) is 5.78 Å². The van der Waals surface area contributed by atoms with Gasteiger partial charge >= 0.3 is 0 Å². The minimum absolute atomic E-state index is 0.354. The van der Waals surface area contributed by atoms with E-state index in [0.29, 0.717) is 11.7 Å². The van der Waals surface area contributed by atoms with Gasteiger partial charge in [0.15, 0.2) is 0 Å². The fourth-order valence-corrected chi connectivity index (χ4v) is 2.96.